The fraction of sp³-hybridized carbons (Fsp3) is 0.444. The first-order chi connectivity index (χ1) is 12.9. The number of nitrogens with zero attached hydrogens (tertiary/aromatic N) is 2. The highest BCUT2D eigenvalue weighted by Crippen LogP contribution is 2.28. The third kappa shape index (κ3) is 5.28. The van der Waals surface area contributed by atoms with Gasteiger partial charge >= 0.3 is 0 Å². The van der Waals surface area contributed by atoms with Gasteiger partial charge in [0.2, 0.25) is 5.91 Å². The van der Waals surface area contributed by atoms with Crippen LogP contribution >= 0.6 is 22.9 Å². The van der Waals surface area contributed by atoms with Gasteiger partial charge < -0.3 is 5.32 Å². The Morgan fingerprint density at radius 2 is 2.07 bits per heavy atom. The van der Waals surface area contributed by atoms with Crippen LogP contribution in [0.5, 0.6) is 0 Å². The summed E-state index contributed by atoms with van der Waals surface area (Å²) in [6, 6.07) is 5.95. The second-order valence-electron chi connectivity index (χ2n) is 6.49. The molecule has 0 fully saturated rings. The summed E-state index contributed by atoms with van der Waals surface area (Å²) in [6.45, 7) is 5.06. The van der Waals surface area contributed by atoms with Crippen LogP contribution in [0.3, 0.4) is 0 Å². The van der Waals surface area contributed by atoms with Crippen molar-refractivity contribution in [2.24, 2.45) is 0 Å². The molecule has 0 atom stereocenters. The van der Waals surface area contributed by atoms with Gasteiger partial charge in [-0.05, 0) is 37.2 Å². The Kier molecular flexibility index (Phi) is 6.52. The lowest BCUT2D eigenvalue weighted by Gasteiger charge is -2.24. The molecule has 1 aliphatic rings. The minimum absolute atomic E-state index is 0.114. The fourth-order valence-corrected chi connectivity index (χ4v) is 5.41. The van der Waals surface area contributed by atoms with Gasteiger partial charge in [-0.3, -0.25) is 9.69 Å². The highest BCUT2D eigenvalue weighted by atomic mass is 35.5. The van der Waals surface area contributed by atoms with Crippen LogP contribution in [0.15, 0.2) is 29.2 Å². The standard InChI is InChI=1S/C18H22ClN3O3S2/c1-2-9-22-10-7-15-16(12-22)26-18(20-15)21-17(23)8-11-27(24,25)14-5-3-13(19)4-6-14/h3-6H,2,7-12H2,1H3,(H,20,21,23). The highest BCUT2D eigenvalue weighted by Gasteiger charge is 2.21. The average molecular weight is 428 g/mol. The molecule has 2 aromatic rings. The van der Waals surface area contributed by atoms with Crippen LogP contribution in [0, 0.1) is 0 Å². The zero-order chi connectivity index (χ0) is 19.4. The Bertz CT molecular complexity index is 910. The SMILES string of the molecule is CCCN1CCc2nc(NC(=O)CCS(=O)(=O)c3ccc(Cl)cc3)sc2C1. The van der Waals surface area contributed by atoms with E-state index in [2.05, 4.69) is 22.1 Å². The van der Waals surface area contributed by atoms with E-state index in [4.69, 9.17) is 11.6 Å². The molecular formula is C18H22ClN3O3S2. The molecule has 0 spiro atoms. The summed E-state index contributed by atoms with van der Waals surface area (Å²) in [5.74, 6) is -0.598. The van der Waals surface area contributed by atoms with Crippen molar-refractivity contribution in [1.29, 1.82) is 0 Å². The van der Waals surface area contributed by atoms with Crippen LogP contribution in [0.25, 0.3) is 0 Å². The number of thiazole rings is 1. The van der Waals surface area contributed by atoms with Crippen molar-refractivity contribution in [2.45, 2.75) is 37.6 Å². The van der Waals surface area contributed by atoms with E-state index in [0.29, 0.717) is 10.2 Å². The normalized spacial score (nSPS) is 14.7. The smallest absolute Gasteiger partial charge is 0.227 e. The van der Waals surface area contributed by atoms with Crippen LogP contribution in [-0.2, 0) is 27.6 Å². The van der Waals surface area contributed by atoms with Crippen molar-refractivity contribution < 1.29 is 13.2 Å². The van der Waals surface area contributed by atoms with E-state index in [9.17, 15) is 13.2 Å². The quantitative estimate of drug-likeness (QED) is 0.732. The summed E-state index contributed by atoms with van der Waals surface area (Å²) in [5, 5.41) is 3.76. The van der Waals surface area contributed by atoms with E-state index in [0.717, 1.165) is 38.2 Å². The van der Waals surface area contributed by atoms with Crippen molar-refractivity contribution in [3.63, 3.8) is 0 Å². The van der Waals surface area contributed by atoms with Crippen LogP contribution in [0.2, 0.25) is 5.02 Å². The maximum Gasteiger partial charge on any atom is 0.227 e. The predicted octanol–water partition coefficient (Wildman–Crippen LogP) is 3.37. The molecule has 1 aromatic heterocycles. The lowest BCUT2D eigenvalue weighted by molar-refractivity contribution is -0.115. The van der Waals surface area contributed by atoms with Crippen LogP contribution < -0.4 is 5.32 Å². The Labute approximate surface area is 168 Å². The third-order valence-corrected chi connectivity index (χ3v) is 7.35. The van der Waals surface area contributed by atoms with Crippen molar-refractivity contribution in [3.05, 3.63) is 39.9 Å². The van der Waals surface area contributed by atoms with E-state index >= 15 is 0 Å². The molecule has 0 aliphatic carbocycles. The second-order valence-corrected chi connectivity index (χ2v) is 10.1. The lowest BCUT2D eigenvalue weighted by atomic mass is 10.2. The first-order valence-electron chi connectivity index (χ1n) is 8.86. The average Bonchev–Trinajstić information content (AvgIpc) is 3.02. The van der Waals surface area contributed by atoms with Gasteiger partial charge in [-0.25, -0.2) is 13.4 Å². The van der Waals surface area contributed by atoms with Crippen molar-refractivity contribution in [1.82, 2.24) is 9.88 Å². The number of aromatic nitrogens is 1. The number of anilines is 1. The number of amides is 1. The maximum atomic E-state index is 12.3. The zero-order valence-electron chi connectivity index (χ0n) is 15.1. The van der Waals surface area contributed by atoms with E-state index < -0.39 is 9.84 Å². The number of benzene rings is 1. The maximum absolute atomic E-state index is 12.3. The molecular weight excluding hydrogens is 406 g/mol. The molecule has 2 heterocycles. The third-order valence-electron chi connectivity index (χ3n) is 4.37. The molecule has 0 saturated carbocycles. The Balaban J connectivity index is 1.56. The van der Waals surface area contributed by atoms with Gasteiger partial charge in [0.05, 0.1) is 16.3 Å². The van der Waals surface area contributed by atoms with Crippen LogP contribution in [-0.4, -0.2) is 43.1 Å². The molecule has 9 heteroatoms. The number of fused-ring (bicyclic) bond motifs is 1. The lowest BCUT2D eigenvalue weighted by Crippen LogP contribution is -2.30. The van der Waals surface area contributed by atoms with Crippen molar-refractivity contribution >= 4 is 43.8 Å². The van der Waals surface area contributed by atoms with E-state index in [1.807, 2.05) is 0 Å². The second kappa shape index (κ2) is 8.68. The van der Waals surface area contributed by atoms with Crippen LogP contribution in [0.4, 0.5) is 5.13 Å². The predicted molar refractivity (Wildman–Crippen MR) is 108 cm³/mol. The number of halogens is 1. The Morgan fingerprint density at radius 3 is 2.78 bits per heavy atom. The zero-order valence-corrected chi connectivity index (χ0v) is 17.5. The molecule has 1 aliphatic heterocycles. The monoisotopic (exact) mass is 427 g/mol. The molecule has 0 bridgehead atoms. The molecule has 6 nitrogen and oxygen atoms in total. The van der Waals surface area contributed by atoms with Gasteiger partial charge in [-0.1, -0.05) is 18.5 Å². The minimum atomic E-state index is -3.52. The van der Waals surface area contributed by atoms with Gasteiger partial charge in [0, 0.05) is 35.8 Å². The van der Waals surface area contributed by atoms with E-state index in [1.165, 1.54) is 40.5 Å². The van der Waals surface area contributed by atoms with Crippen molar-refractivity contribution in [2.75, 3.05) is 24.2 Å². The molecule has 0 unspecified atom stereocenters. The molecule has 3 rings (SSSR count). The minimum Gasteiger partial charge on any atom is -0.302 e. The van der Waals surface area contributed by atoms with Gasteiger partial charge in [-0.2, -0.15) is 0 Å². The topological polar surface area (TPSA) is 79.4 Å². The van der Waals surface area contributed by atoms with Crippen LogP contribution in [0.1, 0.15) is 30.3 Å². The molecule has 0 radical (unpaired) electrons. The highest BCUT2D eigenvalue weighted by molar-refractivity contribution is 7.91. The molecule has 146 valence electrons. The summed E-state index contributed by atoms with van der Waals surface area (Å²) in [4.78, 5) is 20.4. The largest absolute Gasteiger partial charge is 0.302 e. The number of hydrogen-bond acceptors (Lipinski definition) is 6. The Hall–Kier alpha value is -1.48. The first-order valence-corrected chi connectivity index (χ1v) is 11.7. The molecule has 1 N–H and O–H groups in total. The first kappa shape index (κ1) is 20.3. The summed E-state index contributed by atoms with van der Waals surface area (Å²) in [7, 11) is -3.52. The summed E-state index contributed by atoms with van der Waals surface area (Å²) in [5.41, 5.74) is 1.04. The van der Waals surface area contributed by atoms with E-state index in [-0.39, 0.29) is 23.0 Å². The molecule has 0 saturated heterocycles. The van der Waals surface area contributed by atoms with Gasteiger partial charge in [0.25, 0.3) is 0 Å². The van der Waals surface area contributed by atoms with E-state index in [1.54, 1.807) is 0 Å². The molecule has 27 heavy (non-hydrogen) atoms. The Morgan fingerprint density at radius 1 is 1.33 bits per heavy atom. The fourth-order valence-electron chi connectivity index (χ4n) is 2.98. The number of carbonyl (C=O) groups is 1. The summed E-state index contributed by atoms with van der Waals surface area (Å²) < 4.78 is 24.6. The number of rotatable bonds is 7. The molecule has 1 amide bonds. The number of carbonyl (C=O) groups excluding carboxylic acids is 1. The summed E-state index contributed by atoms with van der Waals surface area (Å²) in [6.07, 6.45) is 1.88. The summed E-state index contributed by atoms with van der Waals surface area (Å²) >= 11 is 7.26. The van der Waals surface area contributed by atoms with Gasteiger partial charge in [-0.15, -0.1) is 11.3 Å². The number of nitrogens with one attached hydrogen (secondary N) is 1. The number of hydrogen-bond donors (Lipinski definition) is 1. The molecule has 1 aromatic carbocycles. The number of sulfone groups is 1. The van der Waals surface area contributed by atoms with Crippen molar-refractivity contribution in [3.8, 4) is 0 Å². The van der Waals surface area contributed by atoms with Gasteiger partial charge in [0.15, 0.2) is 15.0 Å². The van der Waals surface area contributed by atoms with Gasteiger partial charge in [0.1, 0.15) is 0 Å².